The fourth-order valence-electron chi connectivity index (χ4n) is 3.77. The van der Waals surface area contributed by atoms with Gasteiger partial charge in [0.15, 0.2) is 0 Å². The van der Waals surface area contributed by atoms with Gasteiger partial charge in [0, 0.05) is 22.6 Å². The number of allylic oxidation sites excluding steroid dienone is 4. The lowest BCUT2D eigenvalue weighted by Gasteiger charge is -2.27. The van der Waals surface area contributed by atoms with Gasteiger partial charge in [0.2, 0.25) is 0 Å². The lowest BCUT2D eigenvalue weighted by molar-refractivity contribution is 0.588. The summed E-state index contributed by atoms with van der Waals surface area (Å²) >= 11 is 0. The van der Waals surface area contributed by atoms with Crippen LogP contribution in [0.15, 0.2) is 59.2 Å². The quantitative estimate of drug-likeness (QED) is 0.601. The molecule has 1 heteroatoms. The minimum absolute atomic E-state index is 0.179. The minimum Gasteiger partial charge on any atom is -0.304 e. The zero-order valence-corrected chi connectivity index (χ0v) is 15.6. The first-order valence-corrected chi connectivity index (χ1v) is 8.68. The van der Waals surface area contributed by atoms with Crippen molar-refractivity contribution in [2.24, 2.45) is 5.41 Å². The summed E-state index contributed by atoms with van der Waals surface area (Å²) in [6, 6.07) is 12.9. The first-order chi connectivity index (χ1) is 11.2. The summed E-state index contributed by atoms with van der Waals surface area (Å²) in [5, 5.41) is 11.3. The van der Waals surface area contributed by atoms with E-state index in [9.17, 15) is 0 Å². The molecule has 0 saturated carbocycles. The van der Waals surface area contributed by atoms with E-state index in [1.165, 1.54) is 33.1 Å². The van der Waals surface area contributed by atoms with Crippen LogP contribution in [0.2, 0.25) is 0 Å². The van der Waals surface area contributed by atoms with Crippen molar-refractivity contribution in [1.29, 1.82) is 5.41 Å². The summed E-state index contributed by atoms with van der Waals surface area (Å²) < 4.78 is 0. The summed E-state index contributed by atoms with van der Waals surface area (Å²) in [7, 11) is 0. The predicted molar refractivity (Wildman–Crippen MR) is 105 cm³/mol. The van der Waals surface area contributed by atoms with Gasteiger partial charge in [-0.15, -0.1) is 0 Å². The van der Waals surface area contributed by atoms with E-state index in [-0.39, 0.29) is 5.41 Å². The molecule has 2 aromatic rings. The Morgan fingerprint density at radius 1 is 0.958 bits per heavy atom. The molecule has 0 spiro atoms. The molecule has 1 atom stereocenters. The summed E-state index contributed by atoms with van der Waals surface area (Å²) in [5.74, 6) is 0.298. The number of hydrogen-bond donors (Lipinski definition) is 1. The molecule has 0 fully saturated rings. The molecule has 0 amide bonds. The van der Waals surface area contributed by atoms with Crippen LogP contribution in [0.5, 0.6) is 0 Å². The average molecular weight is 317 g/mol. The van der Waals surface area contributed by atoms with Gasteiger partial charge in [0.1, 0.15) is 0 Å². The zero-order valence-electron chi connectivity index (χ0n) is 15.6. The Labute approximate surface area is 145 Å². The van der Waals surface area contributed by atoms with E-state index < -0.39 is 0 Å². The van der Waals surface area contributed by atoms with Gasteiger partial charge in [0.25, 0.3) is 0 Å². The molecule has 0 bridgehead atoms. The molecule has 1 unspecified atom stereocenters. The summed E-state index contributed by atoms with van der Waals surface area (Å²) in [4.78, 5) is 0. The van der Waals surface area contributed by atoms with Crippen LogP contribution >= 0.6 is 0 Å². The van der Waals surface area contributed by atoms with E-state index in [1.807, 2.05) is 0 Å². The molecule has 0 aromatic heterocycles. The van der Waals surface area contributed by atoms with Crippen molar-refractivity contribution in [3.8, 4) is 0 Å². The van der Waals surface area contributed by atoms with Crippen molar-refractivity contribution >= 4 is 16.5 Å². The second-order valence-electron chi connectivity index (χ2n) is 8.06. The number of rotatable bonds is 2. The lowest BCUT2D eigenvalue weighted by atomic mass is 9.77. The monoisotopic (exact) mass is 317 g/mol. The van der Waals surface area contributed by atoms with E-state index in [0.29, 0.717) is 5.92 Å². The van der Waals surface area contributed by atoms with Crippen LogP contribution in [0.25, 0.3) is 10.8 Å². The molecule has 1 aliphatic rings. The fourth-order valence-corrected chi connectivity index (χ4v) is 3.77. The van der Waals surface area contributed by atoms with E-state index in [2.05, 4.69) is 84.0 Å². The molecular formula is C23H27N. The highest BCUT2D eigenvalue weighted by Crippen LogP contribution is 2.43. The van der Waals surface area contributed by atoms with Crippen molar-refractivity contribution < 1.29 is 0 Å². The number of hydrogen-bond acceptors (Lipinski definition) is 1. The van der Waals surface area contributed by atoms with E-state index in [0.717, 1.165) is 11.3 Å². The van der Waals surface area contributed by atoms with Crippen LogP contribution in [0.1, 0.15) is 58.6 Å². The van der Waals surface area contributed by atoms with Crippen LogP contribution in [0, 0.1) is 10.8 Å². The predicted octanol–water partition coefficient (Wildman–Crippen LogP) is 6.63. The summed E-state index contributed by atoms with van der Waals surface area (Å²) in [6.07, 6.45) is 2.29. The van der Waals surface area contributed by atoms with Gasteiger partial charge >= 0.3 is 0 Å². The lowest BCUT2D eigenvalue weighted by Crippen LogP contribution is -2.23. The number of nitrogens with one attached hydrogen (secondary N) is 1. The smallest absolute Gasteiger partial charge is 0.0448 e. The van der Waals surface area contributed by atoms with Crippen LogP contribution in [-0.2, 0) is 0 Å². The molecule has 24 heavy (non-hydrogen) atoms. The highest BCUT2D eigenvalue weighted by Gasteiger charge is 2.29. The van der Waals surface area contributed by atoms with Gasteiger partial charge < -0.3 is 5.41 Å². The zero-order chi connectivity index (χ0) is 17.6. The second kappa shape index (κ2) is 5.73. The second-order valence-corrected chi connectivity index (χ2v) is 8.06. The largest absolute Gasteiger partial charge is 0.304 e. The Kier molecular flexibility index (Phi) is 3.99. The first kappa shape index (κ1) is 16.7. The molecule has 1 N–H and O–H groups in total. The Morgan fingerprint density at radius 3 is 2.21 bits per heavy atom. The van der Waals surface area contributed by atoms with Crippen molar-refractivity contribution in [3.05, 3.63) is 70.3 Å². The molecule has 0 aliphatic heterocycles. The molecular weight excluding hydrogens is 290 g/mol. The average Bonchev–Trinajstić information content (AvgIpc) is 2.77. The third kappa shape index (κ3) is 2.62. The number of fused-ring (bicyclic) bond motifs is 1. The van der Waals surface area contributed by atoms with E-state index in [1.54, 1.807) is 0 Å². The van der Waals surface area contributed by atoms with E-state index >= 15 is 0 Å². The SMILES string of the molecule is CC1=CC(C)=C(C)C1c1ccc2ccccc2c1C(=N)C(C)(C)C. The van der Waals surface area contributed by atoms with Gasteiger partial charge in [-0.1, -0.05) is 80.0 Å². The van der Waals surface area contributed by atoms with Crippen molar-refractivity contribution in [1.82, 2.24) is 0 Å². The van der Waals surface area contributed by atoms with Gasteiger partial charge in [0.05, 0.1) is 0 Å². The van der Waals surface area contributed by atoms with Crippen molar-refractivity contribution in [2.45, 2.75) is 47.5 Å². The highest BCUT2D eigenvalue weighted by atomic mass is 14.5. The van der Waals surface area contributed by atoms with Gasteiger partial charge in [-0.05, 0) is 37.1 Å². The third-order valence-corrected chi connectivity index (χ3v) is 5.23. The van der Waals surface area contributed by atoms with E-state index in [4.69, 9.17) is 5.41 Å². The van der Waals surface area contributed by atoms with Gasteiger partial charge in [-0.25, -0.2) is 0 Å². The molecule has 3 rings (SSSR count). The molecule has 0 heterocycles. The van der Waals surface area contributed by atoms with Gasteiger partial charge in [-0.2, -0.15) is 0 Å². The maximum Gasteiger partial charge on any atom is 0.0448 e. The molecule has 124 valence electrons. The Hall–Kier alpha value is -2.15. The standard InChI is InChI=1S/C23H27N/c1-14-13-15(2)20(16(14)3)19-12-11-17-9-7-8-10-18(17)21(19)22(24)23(4,5)6/h7-13,20,24H,1-6H3. The maximum absolute atomic E-state index is 8.91. The summed E-state index contributed by atoms with van der Waals surface area (Å²) in [6.45, 7) is 13.0. The Bertz CT molecular complexity index is 888. The highest BCUT2D eigenvalue weighted by molar-refractivity contribution is 6.13. The van der Waals surface area contributed by atoms with Crippen molar-refractivity contribution in [2.75, 3.05) is 0 Å². The van der Waals surface area contributed by atoms with Crippen LogP contribution in [0.3, 0.4) is 0 Å². The van der Waals surface area contributed by atoms with Crippen LogP contribution < -0.4 is 0 Å². The fraction of sp³-hybridized carbons (Fsp3) is 0.348. The van der Waals surface area contributed by atoms with Crippen LogP contribution in [-0.4, -0.2) is 5.71 Å². The molecule has 2 aromatic carbocycles. The Morgan fingerprint density at radius 2 is 1.62 bits per heavy atom. The normalized spacial score (nSPS) is 18.2. The number of benzene rings is 2. The molecule has 1 aliphatic carbocycles. The van der Waals surface area contributed by atoms with Crippen molar-refractivity contribution in [3.63, 3.8) is 0 Å². The third-order valence-electron chi connectivity index (χ3n) is 5.23. The van der Waals surface area contributed by atoms with Crippen LogP contribution in [0.4, 0.5) is 0 Å². The molecule has 0 saturated heterocycles. The topological polar surface area (TPSA) is 23.9 Å². The summed E-state index contributed by atoms with van der Waals surface area (Å²) in [5.41, 5.74) is 7.08. The molecule has 0 radical (unpaired) electrons. The minimum atomic E-state index is -0.179. The Balaban J connectivity index is 2.34. The first-order valence-electron chi connectivity index (χ1n) is 8.68. The molecule has 1 nitrogen and oxygen atoms in total. The van der Waals surface area contributed by atoms with Gasteiger partial charge in [-0.3, -0.25) is 0 Å². The maximum atomic E-state index is 8.91.